The molecule has 1 aromatic carbocycles. The quantitative estimate of drug-likeness (QED) is 0.844. The van der Waals surface area contributed by atoms with Gasteiger partial charge in [-0.2, -0.15) is 0 Å². The van der Waals surface area contributed by atoms with Crippen LogP contribution in [-0.4, -0.2) is 75.2 Å². The molecule has 0 spiro atoms. The summed E-state index contributed by atoms with van der Waals surface area (Å²) in [5.74, 6) is 1.65. The molecule has 2 aliphatic heterocycles. The minimum Gasteiger partial charge on any atom is -0.497 e. The standard InChI is InChI=1S/C18H27N3O3.ClH/c1-23-16-3-4-17(24-2)14(11-16)12-18(22)21-8-5-15(13-21)20-9-6-19-7-10-20;/h3-4,11,15,19H,5-10,12-13H2,1-2H3;1H. The van der Waals surface area contributed by atoms with Crippen molar-refractivity contribution >= 4 is 18.3 Å². The predicted octanol–water partition coefficient (Wildman–Crippen LogP) is 1.17. The van der Waals surface area contributed by atoms with Gasteiger partial charge in [-0.25, -0.2) is 0 Å². The van der Waals surface area contributed by atoms with Crippen molar-refractivity contribution in [3.05, 3.63) is 23.8 Å². The van der Waals surface area contributed by atoms with E-state index in [1.54, 1.807) is 14.2 Å². The highest BCUT2D eigenvalue weighted by Crippen LogP contribution is 2.26. The van der Waals surface area contributed by atoms with Gasteiger partial charge < -0.3 is 19.7 Å². The topological polar surface area (TPSA) is 54.0 Å². The van der Waals surface area contributed by atoms with E-state index in [4.69, 9.17) is 9.47 Å². The van der Waals surface area contributed by atoms with E-state index in [1.165, 1.54) is 0 Å². The number of amides is 1. The van der Waals surface area contributed by atoms with Crippen molar-refractivity contribution in [3.63, 3.8) is 0 Å². The Labute approximate surface area is 155 Å². The number of methoxy groups -OCH3 is 2. The van der Waals surface area contributed by atoms with Gasteiger partial charge in [0.1, 0.15) is 11.5 Å². The largest absolute Gasteiger partial charge is 0.497 e. The van der Waals surface area contributed by atoms with Crippen LogP contribution in [0.4, 0.5) is 0 Å². The number of ether oxygens (including phenoxy) is 2. The molecule has 6 nitrogen and oxygen atoms in total. The monoisotopic (exact) mass is 369 g/mol. The summed E-state index contributed by atoms with van der Waals surface area (Å²) in [5, 5.41) is 3.38. The first-order chi connectivity index (χ1) is 11.7. The highest BCUT2D eigenvalue weighted by Gasteiger charge is 2.31. The SMILES string of the molecule is COc1ccc(OC)c(CC(=O)N2CCC(N3CCNCC3)C2)c1.Cl. The van der Waals surface area contributed by atoms with Crippen molar-refractivity contribution in [3.8, 4) is 11.5 Å². The summed E-state index contributed by atoms with van der Waals surface area (Å²) in [6, 6.07) is 6.10. The number of piperazine rings is 1. The van der Waals surface area contributed by atoms with Crippen LogP contribution in [0.1, 0.15) is 12.0 Å². The molecule has 7 heteroatoms. The normalized spacial score (nSPS) is 20.9. The molecule has 1 amide bonds. The molecule has 0 aromatic heterocycles. The number of benzene rings is 1. The number of nitrogens with one attached hydrogen (secondary N) is 1. The number of hydrogen-bond acceptors (Lipinski definition) is 5. The zero-order chi connectivity index (χ0) is 16.9. The number of hydrogen-bond donors (Lipinski definition) is 1. The van der Waals surface area contributed by atoms with E-state index in [9.17, 15) is 4.79 Å². The molecule has 2 saturated heterocycles. The van der Waals surface area contributed by atoms with Crippen molar-refractivity contribution in [2.45, 2.75) is 18.9 Å². The van der Waals surface area contributed by atoms with Crippen LogP contribution >= 0.6 is 12.4 Å². The number of nitrogens with zero attached hydrogens (tertiary/aromatic N) is 2. The molecule has 1 unspecified atom stereocenters. The lowest BCUT2D eigenvalue weighted by Crippen LogP contribution is -2.49. The summed E-state index contributed by atoms with van der Waals surface area (Å²) in [5.41, 5.74) is 0.882. The molecule has 25 heavy (non-hydrogen) atoms. The Morgan fingerprint density at radius 2 is 1.96 bits per heavy atom. The third kappa shape index (κ3) is 4.77. The molecule has 1 atom stereocenters. The lowest BCUT2D eigenvalue weighted by Gasteiger charge is -2.32. The number of rotatable bonds is 5. The fraction of sp³-hybridized carbons (Fsp3) is 0.611. The summed E-state index contributed by atoms with van der Waals surface area (Å²) in [6.45, 7) is 5.94. The van der Waals surface area contributed by atoms with Gasteiger partial charge in [0.2, 0.25) is 5.91 Å². The van der Waals surface area contributed by atoms with Gasteiger partial charge in [0.25, 0.3) is 0 Å². The van der Waals surface area contributed by atoms with Gasteiger partial charge in [-0.1, -0.05) is 0 Å². The van der Waals surface area contributed by atoms with E-state index in [0.717, 1.165) is 62.8 Å². The van der Waals surface area contributed by atoms with E-state index in [0.29, 0.717) is 12.5 Å². The van der Waals surface area contributed by atoms with Crippen LogP contribution in [0.3, 0.4) is 0 Å². The maximum atomic E-state index is 12.7. The summed E-state index contributed by atoms with van der Waals surface area (Å²) in [7, 11) is 3.26. The molecule has 0 bridgehead atoms. The Hall–Kier alpha value is -1.50. The Kier molecular flexibility index (Phi) is 7.35. The third-order valence-electron chi connectivity index (χ3n) is 5.01. The van der Waals surface area contributed by atoms with Crippen molar-refractivity contribution in [2.24, 2.45) is 0 Å². The zero-order valence-corrected chi connectivity index (χ0v) is 15.8. The number of likely N-dealkylation sites (tertiary alicyclic amines) is 1. The fourth-order valence-electron chi connectivity index (χ4n) is 3.61. The van der Waals surface area contributed by atoms with E-state index in [1.807, 2.05) is 23.1 Å². The number of carbonyl (C=O) groups is 1. The molecule has 140 valence electrons. The second-order valence-corrected chi connectivity index (χ2v) is 6.42. The van der Waals surface area contributed by atoms with E-state index in [2.05, 4.69) is 10.2 Å². The maximum absolute atomic E-state index is 12.7. The van der Waals surface area contributed by atoms with Crippen LogP contribution < -0.4 is 14.8 Å². The maximum Gasteiger partial charge on any atom is 0.227 e. The van der Waals surface area contributed by atoms with Crippen LogP contribution in [0.5, 0.6) is 11.5 Å². The minimum absolute atomic E-state index is 0. The average molecular weight is 370 g/mol. The summed E-state index contributed by atoms with van der Waals surface area (Å²) >= 11 is 0. The van der Waals surface area contributed by atoms with Crippen LogP contribution in [0.15, 0.2) is 18.2 Å². The predicted molar refractivity (Wildman–Crippen MR) is 99.9 cm³/mol. The van der Waals surface area contributed by atoms with Crippen LogP contribution in [0.2, 0.25) is 0 Å². The van der Waals surface area contributed by atoms with Gasteiger partial charge in [0.15, 0.2) is 0 Å². The Morgan fingerprint density at radius 3 is 2.64 bits per heavy atom. The molecule has 0 radical (unpaired) electrons. The molecule has 3 rings (SSSR count). The van der Waals surface area contributed by atoms with Crippen molar-refractivity contribution < 1.29 is 14.3 Å². The van der Waals surface area contributed by atoms with Gasteiger partial charge in [-0.15, -0.1) is 12.4 Å². The highest BCUT2D eigenvalue weighted by atomic mass is 35.5. The smallest absolute Gasteiger partial charge is 0.227 e. The molecular formula is C18H28ClN3O3. The molecule has 0 saturated carbocycles. The molecule has 1 N–H and O–H groups in total. The lowest BCUT2D eigenvalue weighted by atomic mass is 10.1. The van der Waals surface area contributed by atoms with E-state index >= 15 is 0 Å². The highest BCUT2D eigenvalue weighted by molar-refractivity contribution is 5.85. The summed E-state index contributed by atoms with van der Waals surface area (Å²) < 4.78 is 10.6. The van der Waals surface area contributed by atoms with Crippen molar-refractivity contribution in [1.82, 2.24) is 15.1 Å². The van der Waals surface area contributed by atoms with E-state index in [-0.39, 0.29) is 18.3 Å². The van der Waals surface area contributed by atoms with Crippen molar-refractivity contribution in [2.75, 3.05) is 53.5 Å². The van der Waals surface area contributed by atoms with Crippen LogP contribution in [0.25, 0.3) is 0 Å². The van der Waals surface area contributed by atoms with Gasteiger partial charge in [0, 0.05) is 50.9 Å². The fourth-order valence-corrected chi connectivity index (χ4v) is 3.61. The molecular weight excluding hydrogens is 342 g/mol. The van der Waals surface area contributed by atoms with Gasteiger partial charge in [-0.05, 0) is 24.6 Å². The molecule has 0 aliphatic carbocycles. The molecule has 2 aliphatic rings. The first-order valence-corrected chi connectivity index (χ1v) is 8.64. The van der Waals surface area contributed by atoms with Crippen molar-refractivity contribution in [1.29, 1.82) is 0 Å². The molecule has 1 aromatic rings. The summed E-state index contributed by atoms with van der Waals surface area (Å²) in [6.07, 6.45) is 1.43. The first-order valence-electron chi connectivity index (χ1n) is 8.64. The Balaban J connectivity index is 0.00000225. The van der Waals surface area contributed by atoms with Gasteiger partial charge in [-0.3, -0.25) is 9.69 Å². The van der Waals surface area contributed by atoms with E-state index < -0.39 is 0 Å². The minimum atomic E-state index is 0. The van der Waals surface area contributed by atoms with Crippen LogP contribution in [0, 0.1) is 0 Å². The second kappa shape index (κ2) is 9.27. The first kappa shape index (κ1) is 19.8. The second-order valence-electron chi connectivity index (χ2n) is 6.42. The average Bonchev–Trinajstić information content (AvgIpc) is 3.12. The Bertz CT molecular complexity index is 579. The number of carbonyl (C=O) groups excluding carboxylic acids is 1. The third-order valence-corrected chi connectivity index (χ3v) is 5.01. The summed E-state index contributed by atoms with van der Waals surface area (Å²) in [4.78, 5) is 17.2. The van der Waals surface area contributed by atoms with Crippen LogP contribution in [-0.2, 0) is 11.2 Å². The molecule has 2 fully saturated rings. The lowest BCUT2D eigenvalue weighted by molar-refractivity contribution is -0.129. The number of halogens is 1. The van der Waals surface area contributed by atoms with Gasteiger partial charge in [0.05, 0.1) is 20.6 Å². The Morgan fingerprint density at radius 1 is 1.20 bits per heavy atom. The zero-order valence-electron chi connectivity index (χ0n) is 15.0. The molecule has 2 heterocycles. The van der Waals surface area contributed by atoms with Gasteiger partial charge >= 0.3 is 0 Å².